The smallest absolute Gasteiger partial charge is 0.409 e. The van der Waals surface area contributed by atoms with Crippen LogP contribution in [0.1, 0.15) is 13.8 Å². The maximum absolute atomic E-state index is 12.1. The van der Waals surface area contributed by atoms with E-state index in [0.29, 0.717) is 55.9 Å². The highest BCUT2D eigenvalue weighted by molar-refractivity contribution is 5.94. The van der Waals surface area contributed by atoms with Crippen molar-refractivity contribution in [3.8, 4) is 11.5 Å². The van der Waals surface area contributed by atoms with E-state index in [0.717, 1.165) is 16.7 Å². The predicted molar refractivity (Wildman–Crippen MR) is 116 cm³/mol. The van der Waals surface area contributed by atoms with Crippen molar-refractivity contribution in [1.82, 2.24) is 9.88 Å². The molecule has 0 saturated carbocycles. The van der Waals surface area contributed by atoms with E-state index in [1.807, 2.05) is 32.0 Å². The number of benzene rings is 1. The lowest BCUT2D eigenvalue weighted by molar-refractivity contribution is 0.0901. The Bertz CT molecular complexity index is 854. The summed E-state index contributed by atoms with van der Waals surface area (Å²) in [6.07, 6.45) is -0.254. The molecule has 0 spiro atoms. The van der Waals surface area contributed by atoms with Crippen molar-refractivity contribution < 1.29 is 19.0 Å². The average Bonchev–Trinajstić information content (AvgIpc) is 2.71. The lowest BCUT2D eigenvalue weighted by Crippen LogP contribution is -2.49. The molecule has 1 aromatic carbocycles. The van der Waals surface area contributed by atoms with Crippen LogP contribution in [0.15, 0.2) is 18.2 Å². The third-order valence-corrected chi connectivity index (χ3v) is 4.73. The lowest BCUT2D eigenvalue weighted by atomic mass is 10.1. The molecule has 29 heavy (non-hydrogen) atoms. The third kappa shape index (κ3) is 5.06. The van der Waals surface area contributed by atoms with Crippen LogP contribution in [0, 0.1) is 5.92 Å². The van der Waals surface area contributed by atoms with Gasteiger partial charge >= 0.3 is 6.09 Å². The molecule has 2 N–H and O–H groups in total. The zero-order chi connectivity index (χ0) is 20.3. The van der Waals surface area contributed by atoms with E-state index in [1.165, 1.54) is 0 Å². The molecule has 2 aromatic rings. The minimum atomic E-state index is -0.254. The summed E-state index contributed by atoms with van der Waals surface area (Å²) >= 11 is 0. The van der Waals surface area contributed by atoms with Gasteiger partial charge in [-0.3, -0.25) is 0 Å². The van der Waals surface area contributed by atoms with E-state index in [-0.39, 0.29) is 18.5 Å². The molecule has 160 valence electrons. The number of carbonyl (C=O) groups is 1. The second-order valence-electron chi connectivity index (χ2n) is 7.24. The van der Waals surface area contributed by atoms with Gasteiger partial charge < -0.3 is 29.7 Å². The largest absolute Gasteiger partial charge is 0.493 e. The van der Waals surface area contributed by atoms with Gasteiger partial charge in [-0.15, -0.1) is 12.4 Å². The zero-order valence-corrected chi connectivity index (χ0v) is 18.1. The summed E-state index contributed by atoms with van der Waals surface area (Å²) in [7, 11) is 3.18. The van der Waals surface area contributed by atoms with E-state index >= 15 is 0 Å². The first-order valence-corrected chi connectivity index (χ1v) is 9.41. The van der Waals surface area contributed by atoms with Crippen molar-refractivity contribution >= 4 is 40.9 Å². The molecule has 9 heteroatoms. The summed E-state index contributed by atoms with van der Waals surface area (Å²) in [6, 6.07) is 5.53. The van der Waals surface area contributed by atoms with Gasteiger partial charge in [0.25, 0.3) is 0 Å². The van der Waals surface area contributed by atoms with Crippen LogP contribution in [0.3, 0.4) is 0 Å². The Morgan fingerprint density at radius 2 is 1.72 bits per heavy atom. The Morgan fingerprint density at radius 1 is 1.10 bits per heavy atom. The zero-order valence-electron chi connectivity index (χ0n) is 17.3. The number of fused-ring (bicyclic) bond motifs is 1. The lowest BCUT2D eigenvalue weighted by Gasteiger charge is -2.35. The fourth-order valence-electron chi connectivity index (χ4n) is 3.17. The molecule has 1 aromatic heterocycles. The van der Waals surface area contributed by atoms with Gasteiger partial charge in [0.2, 0.25) is 0 Å². The van der Waals surface area contributed by atoms with Gasteiger partial charge in [0, 0.05) is 49.4 Å². The standard InChI is InChI=1S/C20H28N4O4.ClH/c1-13(2)12-28-20(25)24-7-5-23(6-8-24)19-10-15(21)14-9-17(26-3)18(27-4)11-16(14)22-19;/h9-11,13H,5-8,12H2,1-4H3,(H2,21,22);1H. The van der Waals surface area contributed by atoms with Crippen LogP contribution >= 0.6 is 12.4 Å². The number of nitrogen functional groups attached to an aromatic ring is 1. The number of piperazine rings is 1. The van der Waals surface area contributed by atoms with Crippen LogP contribution in [-0.4, -0.2) is 63.0 Å². The van der Waals surface area contributed by atoms with Gasteiger partial charge in [0.1, 0.15) is 5.82 Å². The predicted octanol–water partition coefficient (Wildman–Crippen LogP) is 3.17. The number of pyridine rings is 1. The van der Waals surface area contributed by atoms with Crippen molar-refractivity contribution in [2.75, 3.05) is 57.6 Å². The first-order valence-electron chi connectivity index (χ1n) is 9.41. The number of amides is 1. The summed E-state index contributed by atoms with van der Waals surface area (Å²) in [5, 5.41) is 0.817. The highest BCUT2D eigenvalue weighted by atomic mass is 35.5. The molecule has 0 aliphatic carbocycles. The summed E-state index contributed by atoms with van der Waals surface area (Å²) in [5.41, 5.74) is 7.64. The van der Waals surface area contributed by atoms with Crippen LogP contribution in [-0.2, 0) is 4.74 Å². The van der Waals surface area contributed by atoms with E-state index in [4.69, 9.17) is 24.9 Å². The van der Waals surface area contributed by atoms with Gasteiger partial charge in [-0.1, -0.05) is 13.8 Å². The van der Waals surface area contributed by atoms with Crippen LogP contribution in [0.5, 0.6) is 11.5 Å². The summed E-state index contributed by atoms with van der Waals surface area (Å²) in [5.74, 6) is 2.33. The van der Waals surface area contributed by atoms with E-state index < -0.39 is 0 Å². The van der Waals surface area contributed by atoms with Crippen molar-refractivity contribution in [2.45, 2.75) is 13.8 Å². The van der Waals surface area contributed by atoms with Crippen LogP contribution in [0.2, 0.25) is 0 Å². The fraction of sp³-hybridized carbons (Fsp3) is 0.500. The number of hydrogen-bond acceptors (Lipinski definition) is 7. The van der Waals surface area contributed by atoms with Gasteiger partial charge in [0.15, 0.2) is 11.5 Å². The van der Waals surface area contributed by atoms with Crippen LogP contribution < -0.4 is 20.1 Å². The van der Waals surface area contributed by atoms with Crippen molar-refractivity contribution in [2.24, 2.45) is 5.92 Å². The van der Waals surface area contributed by atoms with Gasteiger partial charge in [-0.25, -0.2) is 9.78 Å². The fourth-order valence-corrected chi connectivity index (χ4v) is 3.17. The SMILES string of the molecule is COc1cc2nc(N3CCN(C(=O)OCC(C)C)CC3)cc(N)c2cc1OC.Cl. The van der Waals surface area contributed by atoms with Crippen molar-refractivity contribution in [1.29, 1.82) is 0 Å². The molecule has 0 unspecified atom stereocenters. The number of anilines is 2. The molecule has 0 bridgehead atoms. The Morgan fingerprint density at radius 3 is 2.31 bits per heavy atom. The van der Waals surface area contributed by atoms with E-state index in [9.17, 15) is 4.79 Å². The molecule has 2 heterocycles. The van der Waals surface area contributed by atoms with Gasteiger partial charge in [-0.2, -0.15) is 0 Å². The number of halogens is 1. The van der Waals surface area contributed by atoms with Gasteiger partial charge in [0.05, 0.1) is 26.3 Å². The summed E-state index contributed by atoms with van der Waals surface area (Å²) in [4.78, 5) is 20.7. The van der Waals surface area contributed by atoms with Crippen molar-refractivity contribution in [3.05, 3.63) is 18.2 Å². The van der Waals surface area contributed by atoms with Crippen molar-refractivity contribution in [3.63, 3.8) is 0 Å². The minimum absolute atomic E-state index is 0. The molecule has 0 atom stereocenters. The summed E-state index contributed by atoms with van der Waals surface area (Å²) < 4.78 is 16.0. The second kappa shape index (κ2) is 9.73. The monoisotopic (exact) mass is 424 g/mol. The average molecular weight is 425 g/mol. The number of aromatic nitrogens is 1. The number of nitrogens with zero attached hydrogens (tertiary/aromatic N) is 3. The molecule has 1 saturated heterocycles. The number of carbonyl (C=O) groups excluding carboxylic acids is 1. The quantitative estimate of drug-likeness (QED) is 0.788. The molecule has 3 rings (SSSR count). The number of hydrogen-bond donors (Lipinski definition) is 1. The Hall–Kier alpha value is -2.61. The minimum Gasteiger partial charge on any atom is -0.493 e. The highest BCUT2D eigenvalue weighted by Gasteiger charge is 2.24. The normalized spacial score (nSPS) is 14.0. The number of rotatable bonds is 5. The molecule has 8 nitrogen and oxygen atoms in total. The molecule has 1 amide bonds. The Labute approximate surface area is 177 Å². The number of methoxy groups -OCH3 is 2. The number of nitrogens with two attached hydrogens (primary N) is 1. The van der Waals surface area contributed by atoms with E-state index in [2.05, 4.69) is 4.90 Å². The molecular weight excluding hydrogens is 396 g/mol. The Kier molecular flexibility index (Phi) is 7.61. The molecule has 1 aliphatic heterocycles. The maximum atomic E-state index is 12.1. The first-order chi connectivity index (χ1) is 13.4. The van der Waals surface area contributed by atoms with Crippen LogP contribution in [0.4, 0.5) is 16.3 Å². The molecule has 0 radical (unpaired) electrons. The second-order valence-corrected chi connectivity index (χ2v) is 7.24. The molecular formula is C20H29ClN4O4. The third-order valence-electron chi connectivity index (χ3n) is 4.73. The van der Waals surface area contributed by atoms with E-state index in [1.54, 1.807) is 19.1 Å². The highest BCUT2D eigenvalue weighted by Crippen LogP contribution is 2.35. The first kappa shape index (κ1) is 22.7. The summed E-state index contributed by atoms with van der Waals surface area (Å²) in [6.45, 7) is 6.99. The Balaban J connectivity index is 0.00000300. The number of ether oxygens (including phenoxy) is 3. The van der Waals surface area contributed by atoms with Gasteiger partial charge in [-0.05, 0) is 12.0 Å². The molecule has 1 fully saturated rings. The topological polar surface area (TPSA) is 90.2 Å². The maximum Gasteiger partial charge on any atom is 0.409 e. The molecule has 1 aliphatic rings. The van der Waals surface area contributed by atoms with Crippen LogP contribution in [0.25, 0.3) is 10.9 Å².